The highest BCUT2D eigenvalue weighted by atomic mass is 32.1. The number of hydrogen-bond donors (Lipinski definition) is 2. The molecule has 1 rings (SSSR count). The molecule has 0 aliphatic rings. The lowest BCUT2D eigenvalue weighted by Gasteiger charge is -2.09. The van der Waals surface area contributed by atoms with E-state index in [9.17, 15) is 4.79 Å². The van der Waals surface area contributed by atoms with E-state index >= 15 is 0 Å². The molecule has 5 heteroatoms. The van der Waals surface area contributed by atoms with Crippen LogP contribution in [0.3, 0.4) is 0 Å². The number of imidazole rings is 1. The Balaban J connectivity index is 2.71. The number of carbonyl (C=O) groups is 1. The van der Waals surface area contributed by atoms with Gasteiger partial charge >= 0.3 is 0 Å². The normalized spacial score (nSPS) is 10.9. The summed E-state index contributed by atoms with van der Waals surface area (Å²) in [7, 11) is 0. The van der Waals surface area contributed by atoms with Crippen LogP contribution in [0.1, 0.15) is 38.3 Å². The van der Waals surface area contributed by atoms with E-state index in [1.165, 1.54) is 5.69 Å². The first-order valence-corrected chi connectivity index (χ1v) is 5.49. The Morgan fingerprint density at radius 2 is 2.33 bits per heavy atom. The molecule has 1 heterocycles. The number of rotatable bonds is 5. The number of carbonyl (C=O) groups excluding carboxylic acids is 1. The van der Waals surface area contributed by atoms with Gasteiger partial charge in [-0.05, 0) is 24.6 Å². The topological polar surface area (TPSA) is 63.8 Å². The highest BCUT2D eigenvalue weighted by molar-refractivity contribution is 7.71. The predicted molar refractivity (Wildman–Crippen MR) is 62.1 cm³/mol. The van der Waals surface area contributed by atoms with Gasteiger partial charge in [0.25, 0.3) is 0 Å². The summed E-state index contributed by atoms with van der Waals surface area (Å²) in [6.45, 7) is 4.98. The van der Waals surface area contributed by atoms with Gasteiger partial charge in [-0.25, -0.2) is 0 Å². The zero-order valence-corrected chi connectivity index (χ0v) is 9.93. The summed E-state index contributed by atoms with van der Waals surface area (Å²) in [5, 5.41) is 0. The van der Waals surface area contributed by atoms with E-state index in [0.717, 1.165) is 13.0 Å². The molecule has 3 N–H and O–H groups in total. The molecule has 1 amide bonds. The lowest BCUT2D eigenvalue weighted by molar-refractivity contribution is -0.118. The molecule has 0 atom stereocenters. The van der Waals surface area contributed by atoms with Gasteiger partial charge in [0, 0.05) is 24.9 Å². The van der Waals surface area contributed by atoms with Gasteiger partial charge in [0.05, 0.1) is 0 Å². The molecule has 0 radical (unpaired) electrons. The number of aromatic amines is 1. The van der Waals surface area contributed by atoms with Crippen LogP contribution in [0.4, 0.5) is 0 Å². The third kappa shape index (κ3) is 3.20. The van der Waals surface area contributed by atoms with E-state index < -0.39 is 0 Å². The van der Waals surface area contributed by atoms with Crippen LogP contribution in [-0.2, 0) is 11.3 Å². The zero-order chi connectivity index (χ0) is 11.4. The average molecular weight is 227 g/mol. The van der Waals surface area contributed by atoms with Crippen LogP contribution < -0.4 is 5.73 Å². The fourth-order valence-corrected chi connectivity index (χ4v) is 1.78. The first-order valence-electron chi connectivity index (χ1n) is 5.08. The van der Waals surface area contributed by atoms with Crippen LogP contribution >= 0.6 is 12.2 Å². The molecule has 0 aliphatic heterocycles. The van der Waals surface area contributed by atoms with E-state index in [1.54, 1.807) is 0 Å². The van der Waals surface area contributed by atoms with E-state index in [0.29, 0.717) is 17.1 Å². The molecule has 0 saturated carbocycles. The van der Waals surface area contributed by atoms with Crippen molar-refractivity contribution in [2.45, 2.75) is 39.2 Å². The van der Waals surface area contributed by atoms with Gasteiger partial charge in [-0.15, -0.1) is 0 Å². The summed E-state index contributed by atoms with van der Waals surface area (Å²) < 4.78 is 2.74. The monoisotopic (exact) mass is 227 g/mol. The van der Waals surface area contributed by atoms with Crippen LogP contribution in [-0.4, -0.2) is 15.5 Å². The van der Waals surface area contributed by atoms with Gasteiger partial charge in [-0.2, -0.15) is 0 Å². The highest BCUT2D eigenvalue weighted by Crippen LogP contribution is 2.15. The molecule has 84 valence electrons. The van der Waals surface area contributed by atoms with Crippen LogP contribution in [0.5, 0.6) is 0 Å². The molecule has 0 fully saturated rings. The van der Waals surface area contributed by atoms with Gasteiger partial charge in [-0.3, -0.25) is 4.79 Å². The van der Waals surface area contributed by atoms with Gasteiger partial charge in [-0.1, -0.05) is 13.8 Å². The summed E-state index contributed by atoms with van der Waals surface area (Å²) in [5.41, 5.74) is 6.26. The smallest absolute Gasteiger partial charge is 0.217 e. The molecular weight excluding hydrogens is 210 g/mol. The van der Waals surface area contributed by atoms with Crippen molar-refractivity contribution in [1.29, 1.82) is 0 Å². The van der Waals surface area contributed by atoms with Gasteiger partial charge in [0.2, 0.25) is 5.91 Å². The van der Waals surface area contributed by atoms with E-state index in [-0.39, 0.29) is 5.91 Å². The van der Waals surface area contributed by atoms with Crippen molar-refractivity contribution in [3.63, 3.8) is 0 Å². The maximum absolute atomic E-state index is 10.6. The largest absolute Gasteiger partial charge is 0.370 e. The van der Waals surface area contributed by atoms with Crippen molar-refractivity contribution in [1.82, 2.24) is 9.55 Å². The Morgan fingerprint density at radius 3 is 2.87 bits per heavy atom. The van der Waals surface area contributed by atoms with Crippen molar-refractivity contribution >= 4 is 18.1 Å². The average Bonchev–Trinajstić information content (AvgIpc) is 2.47. The maximum atomic E-state index is 10.6. The Labute approximate surface area is 94.5 Å². The van der Waals surface area contributed by atoms with Crippen LogP contribution in [0.25, 0.3) is 0 Å². The van der Waals surface area contributed by atoms with Crippen LogP contribution in [0, 0.1) is 4.77 Å². The van der Waals surface area contributed by atoms with Crippen molar-refractivity contribution in [2.24, 2.45) is 5.73 Å². The molecular formula is C10H17N3OS. The SMILES string of the molecule is CC(C)c1c[nH]c(=S)n1CCCC(N)=O. The number of nitrogens with two attached hydrogens (primary N) is 1. The molecule has 0 spiro atoms. The fourth-order valence-electron chi connectivity index (χ4n) is 1.53. The molecule has 0 aliphatic carbocycles. The molecule has 0 unspecified atom stereocenters. The second kappa shape index (κ2) is 5.11. The van der Waals surface area contributed by atoms with Crippen molar-refractivity contribution in [3.8, 4) is 0 Å². The number of amides is 1. The van der Waals surface area contributed by atoms with Crippen molar-refractivity contribution in [3.05, 3.63) is 16.7 Å². The Kier molecular flexibility index (Phi) is 4.08. The summed E-state index contributed by atoms with van der Waals surface area (Å²) in [6.07, 6.45) is 3.07. The molecule has 4 nitrogen and oxygen atoms in total. The molecule has 0 saturated heterocycles. The Morgan fingerprint density at radius 1 is 1.67 bits per heavy atom. The van der Waals surface area contributed by atoms with Gasteiger partial charge in [0.1, 0.15) is 0 Å². The van der Waals surface area contributed by atoms with E-state index in [1.807, 2.05) is 10.8 Å². The molecule has 1 aromatic rings. The second-order valence-electron chi connectivity index (χ2n) is 3.89. The molecule has 1 aromatic heterocycles. The number of primary amides is 1. The summed E-state index contributed by atoms with van der Waals surface area (Å²) in [6, 6.07) is 0. The summed E-state index contributed by atoms with van der Waals surface area (Å²) >= 11 is 5.16. The molecule has 0 bridgehead atoms. The number of hydrogen-bond acceptors (Lipinski definition) is 2. The van der Waals surface area contributed by atoms with Crippen LogP contribution in [0.2, 0.25) is 0 Å². The maximum Gasteiger partial charge on any atom is 0.217 e. The Bertz CT molecular complexity index is 392. The minimum absolute atomic E-state index is 0.261. The lowest BCUT2D eigenvalue weighted by atomic mass is 10.1. The number of H-pyrrole nitrogens is 1. The van der Waals surface area contributed by atoms with Crippen molar-refractivity contribution < 1.29 is 4.79 Å². The predicted octanol–water partition coefficient (Wildman–Crippen LogP) is 1.93. The standard InChI is InChI=1S/C10H17N3OS/c1-7(2)8-6-12-10(15)13(8)5-3-4-9(11)14/h6-7H,3-5H2,1-2H3,(H2,11,14)(H,12,15). The second-order valence-corrected chi connectivity index (χ2v) is 4.28. The third-order valence-electron chi connectivity index (χ3n) is 2.30. The van der Waals surface area contributed by atoms with Gasteiger partial charge < -0.3 is 15.3 Å². The van der Waals surface area contributed by atoms with Crippen molar-refractivity contribution in [2.75, 3.05) is 0 Å². The number of nitrogens with zero attached hydrogens (tertiary/aromatic N) is 1. The molecule has 15 heavy (non-hydrogen) atoms. The van der Waals surface area contributed by atoms with Gasteiger partial charge in [0.15, 0.2) is 4.77 Å². The summed E-state index contributed by atoms with van der Waals surface area (Å²) in [5.74, 6) is 0.162. The quantitative estimate of drug-likeness (QED) is 0.755. The Hall–Kier alpha value is -1.10. The minimum atomic E-state index is -0.261. The number of nitrogens with one attached hydrogen (secondary N) is 1. The highest BCUT2D eigenvalue weighted by Gasteiger charge is 2.07. The van der Waals surface area contributed by atoms with E-state index in [2.05, 4.69) is 18.8 Å². The first-order chi connectivity index (χ1) is 7.02. The molecule has 0 aromatic carbocycles. The first kappa shape index (κ1) is 12.0. The summed E-state index contributed by atoms with van der Waals surface area (Å²) in [4.78, 5) is 13.6. The zero-order valence-electron chi connectivity index (χ0n) is 9.12. The fraction of sp³-hybridized carbons (Fsp3) is 0.600. The minimum Gasteiger partial charge on any atom is -0.370 e. The lowest BCUT2D eigenvalue weighted by Crippen LogP contribution is -2.12. The van der Waals surface area contributed by atoms with E-state index in [4.69, 9.17) is 18.0 Å². The van der Waals surface area contributed by atoms with Crippen LogP contribution in [0.15, 0.2) is 6.20 Å². The number of aromatic nitrogens is 2. The third-order valence-corrected chi connectivity index (χ3v) is 2.64.